The quantitative estimate of drug-likeness (QED) is 0.406. The van der Waals surface area contributed by atoms with Gasteiger partial charge in [-0.05, 0) is 59.6 Å². The van der Waals surface area contributed by atoms with E-state index in [1.54, 1.807) is 21.3 Å². The first-order chi connectivity index (χ1) is 15.1. The third-order valence-electron chi connectivity index (χ3n) is 5.17. The molecule has 0 aliphatic rings. The van der Waals surface area contributed by atoms with E-state index in [2.05, 4.69) is 54.4 Å². The van der Waals surface area contributed by atoms with Gasteiger partial charge in [-0.15, -0.1) is 0 Å². The monoisotopic (exact) mass is 421 g/mol. The van der Waals surface area contributed by atoms with Crippen molar-refractivity contribution in [2.45, 2.75) is 6.42 Å². The molecule has 5 nitrogen and oxygen atoms in total. The fourth-order valence-corrected chi connectivity index (χ4v) is 3.46. The number of methoxy groups -OCH3 is 3. The average Bonchev–Trinajstić information content (AvgIpc) is 2.81. The molecule has 3 aromatic rings. The molecule has 0 aromatic heterocycles. The van der Waals surface area contributed by atoms with Gasteiger partial charge in [-0.25, -0.2) is 0 Å². The Kier molecular flexibility index (Phi) is 8.33. The lowest BCUT2D eigenvalue weighted by molar-refractivity contribution is 0.0512. The highest BCUT2D eigenvalue weighted by atomic mass is 16.7. The third-order valence-corrected chi connectivity index (χ3v) is 5.17. The Hall–Kier alpha value is -3.02. The molecule has 0 aliphatic heterocycles. The smallest absolute Gasteiger partial charge is 0.188 e. The van der Waals surface area contributed by atoms with Crippen LogP contribution in [0.4, 0.5) is 0 Å². The molecule has 0 amide bonds. The van der Waals surface area contributed by atoms with E-state index < -0.39 is 0 Å². The van der Waals surface area contributed by atoms with E-state index in [1.165, 1.54) is 16.5 Å². The first-order valence-corrected chi connectivity index (χ1v) is 10.3. The summed E-state index contributed by atoms with van der Waals surface area (Å²) in [6.07, 6.45) is 5.34. The van der Waals surface area contributed by atoms with Gasteiger partial charge in [-0.1, -0.05) is 42.5 Å². The van der Waals surface area contributed by atoms with Crippen molar-refractivity contribution in [3.05, 3.63) is 71.8 Å². The Morgan fingerprint density at radius 1 is 0.903 bits per heavy atom. The van der Waals surface area contributed by atoms with Crippen molar-refractivity contribution in [2.24, 2.45) is 0 Å². The summed E-state index contributed by atoms with van der Waals surface area (Å²) in [7, 11) is 7.07. The van der Waals surface area contributed by atoms with Crippen molar-refractivity contribution < 1.29 is 18.9 Å². The lowest BCUT2D eigenvalue weighted by Crippen LogP contribution is -2.21. The molecule has 0 saturated carbocycles. The van der Waals surface area contributed by atoms with E-state index in [0.717, 1.165) is 42.1 Å². The molecule has 0 saturated heterocycles. The second-order valence-electron chi connectivity index (χ2n) is 7.38. The minimum Gasteiger partial charge on any atom is -0.493 e. The summed E-state index contributed by atoms with van der Waals surface area (Å²) in [4.78, 5) is 2.30. The van der Waals surface area contributed by atoms with Crippen LogP contribution in [-0.2, 0) is 11.2 Å². The van der Waals surface area contributed by atoms with Crippen molar-refractivity contribution in [1.82, 2.24) is 4.90 Å². The van der Waals surface area contributed by atoms with Crippen LogP contribution in [-0.4, -0.2) is 53.2 Å². The Balaban J connectivity index is 1.58. The topological polar surface area (TPSA) is 40.2 Å². The second-order valence-corrected chi connectivity index (χ2v) is 7.38. The predicted molar refractivity (Wildman–Crippen MR) is 126 cm³/mol. The van der Waals surface area contributed by atoms with Crippen LogP contribution in [0.2, 0.25) is 0 Å². The Morgan fingerprint density at radius 2 is 1.74 bits per heavy atom. The van der Waals surface area contributed by atoms with Gasteiger partial charge in [0.15, 0.2) is 18.3 Å². The van der Waals surface area contributed by atoms with E-state index in [-0.39, 0.29) is 6.79 Å². The van der Waals surface area contributed by atoms with E-state index in [4.69, 9.17) is 18.9 Å². The Bertz CT molecular complexity index is 1020. The molecular formula is C26H31NO4. The van der Waals surface area contributed by atoms with Crippen LogP contribution in [0, 0.1) is 0 Å². The molecule has 0 heterocycles. The number of ether oxygens (including phenoxy) is 4. The summed E-state index contributed by atoms with van der Waals surface area (Å²) in [5, 5.41) is 2.36. The number of hydrogen-bond donors (Lipinski definition) is 0. The third kappa shape index (κ3) is 6.23. The minimum atomic E-state index is 0.251. The van der Waals surface area contributed by atoms with Crippen molar-refractivity contribution >= 4 is 16.8 Å². The minimum absolute atomic E-state index is 0.251. The number of rotatable bonds is 11. The first-order valence-electron chi connectivity index (χ1n) is 10.3. The standard InChI is InChI=1S/C26H31NO4/c1-27(16-14-20-10-13-25(29-3)26(17-20)30-4)15-6-9-21-7-5-8-22-18-23(31-19-28-2)11-12-24(21)22/h5-13,17-18H,14-16,19H2,1-4H3/b9-6+. The highest BCUT2D eigenvalue weighted by Crippen LogP contribution is 2.28. The van der Waals surface area contributed by atoms with Crippen LogP contribution in [0.15, 0.2) is 60.7 Å². The van der Waals surface area contributed by atoms with E-state index in [1.807, 2.05) is 24.3 Å². The molecule has 0 aliphatic carbocycles. The van der Waals surface area contributed by atoms with Gasteiger partial charge in [0.25, 0.3) is 0 Å². The first kappa shape index (κ1) is 22.7. The summed E-state index contributed by atoms with van der Waals surface area (Å²) in [6, 6.07) is 18.5. The van der Waals surface area contributed by atoms with Gasteiger partial charge in [0.1, 0.15) is 5.75 Å². The number of hydrogen-bond acceptors (Lipinski definition) is 5. The van der Waals surface area contributed by atoms with E-state index >= 15 is 0 Å². The van der Waals surface area contributed by atoms with Crippen LogP contribution in [0.25, 0.3) is 16.8 Å². The van der Waals surface area contributed by atoms with Crippen LogP contribution >= 0.6 is 0 Å². The maximum absolute atomic E-state index is 5.54. The zero-order valence-electron chi connectivity index (χ0n) is 18.8. The number of nitrogens with zero attached hydrogens (tertiary/aromatic N) is 1. The maximum Gasteiger partial charge on any atom is 0.188 e. The predicted octanol–water partition coefficient (Wildman–Crippen LogP) is 5.03. The van der Waals surface area contributed by atoms with E-state index in [9.17, 15) is 0 Å². The summed E-state index contributed by atoms with van der Waals surface area (Å²) < 4.78 is 21.2. The molecule has 5 heteroatoms. The molecule has 0 fully saturated rings. The molecule has 0 bridgehead atoms. The van der Waals surface area contributed by atoms with Crippen LogP contribution in [0.5, 0.6) is 17.2 Å². The molecule has 0 radical (unpaired) electrons. The molecule has 3 rings (SSSR count). The van der Waals surface area contributed by atoms with Crippen molar-refractivity contribution in [3.8, 4) is 17.2 Å². The SMILES string of the molecule is COCOc1ccc2c(/C=C/CN(C)CCc3ccc(OC)c(OC)c3)cccc2c1. The van der Waals surface area contributed by atoms with Crippen molar-refractivity contribution in [1.29, 1.82) is 0 Å². The lowest BCUT2D eigenvalue weighted by atomic mass is 10.0. The lowest BCUT2D eigenvalue weighted by Gasteiger charge is -2.15. The Morgan fingerprint density at radius 3 is 2.52 bits per heavy atom. The molecule has 0 N–H and O–H groups in total. The van der Waals surface area contributed by atoms with Crippen LogP contribution in [0.1, 0.15) is 11.1 Å². The largest absolute Gasteiger partial charge is 0.493 e. The van der Waals surface area contributed by atoms with Crippen molar-refractivity contribution in [2.75, 3.05) is 48.3 Å². The summed E-state index contributed by atoms with van der Waals surface area (Å²) >= 11 is 0. The van der Waals surface area contributed by atoms with Gasteiger partial charge in [-0.2, -0.15) is 0 Å². The fourth-order valence-electron chi connectivity index (χ4n) is 3.46. The van der Waals surface area contributed by atoms with Gasteiger partial charge in [-0.3, -0.25) is 0 Å². The molecule has 0 unspecified atom stereocenters. The number of benzene rings is 3. The van der Waals surface area contributed by atoms with Crippen LogP contribution in [0.3, 0.4) is 0 Å². The normalized spacial score (nSPS) is 11.4. The van der Waals surface area contributed by atoms with Gasteiger partial charge < -0.3 is 23.8 Å². The molecule has 0 atom stereocenters. The molecule has 31 heavy (non-hydrogen) atoms. The molecule has 164 valence electrons. The van der Waals surface area contributed by atoms with Gasteiger partial charge in [0.2, 0.25) is 0 Å². The fraction of sp³-hybridized carbons (Fsp3) is 0.308. The van der Waals surface area contributed by atoms with E-state index in [0.29, 0.717) is 0 Å². The molecule has 0 spiro atoms. The van der Waals surface area contributed by atoms with Gasteiger partial charge >= 0.3 is 0 Å². The highest BCUT2D eigenvalue weighted by molar-refractivity contribution is 5.91. The highest BCUT2D eigenvalue weighted by Gasteiger charge is 2.06. The summed E-state index contributed by atoms with van der Waals surface area (Å²) in [6.45, 7) is 2.08. The summed E-state index contributed by atoms with van der Waals surface area (Å²) in [5.74, 6) is 2.34. The van der Waals surface area contributed by atoms with Gasteiger partial charge in [0.05, 0.1) is 14.2 Å². The molecule has 3 aromatic carbocycles. The Labute approximate surface area is 184 Å². The maximum atomic E-state index is 5.54. The second kappa shape index (κ2) is 11.4. The zero-order chi connectivity index (χ0) is 22.1. The number of likely N-dealkylation sites (N-methyl/N-ethyl adjacent to an activating group) is 1. The zero-order valence-corrected chi connectivity index (χ0v) is 18.8. The van der Waals surface area contributed by atoms with Crippen molar-refractivity contribution in [3.63, 3.8) is 0 Å². The van der Waals surface area contributed by atoms with Gasteiger partial charge in [0, 0.05) is 20.2 Å². The average molecular weight is 422 g/mol. The summed E-state index contributed by atoms with van der Waals surface area (Å²) in [5.41, 5.74) is 2.43. The van der Waals surface area contributed by atoms with Crippen LogP contribution < -0.4 is 14.2 Å². The number of fused-ring (bicyclic) bond motifs is 1. The molecular weight excluding hydrogens is 390 g/mol.